The fourth-order valence-electron chi connectivity index (χ4n) is 3.13. The number of methoxy groups -OCH3 is 1. The smallest absolute Gasteiger partial charge is 0.240 e. The van der Waals surface area contributed by atoms with Gasteiger partial charge in [0.15, 0.2) is 11.5 Å². The van der Waals surface area contributed by atoms with Gasteiger partial charge in [-0.05, 0) is 35.4 Å². The molecule has 2 aromatic carbocycles. The van der Waals surface area contributed by atoms with Crippen LogP contribution in [0.1, 0.15) is 30.5 Å². The molecule has 1 aliphatic rings. The molecule has 1 aliphatic heterocycles. The van der Waals surface area contributed by atoms with Gasteiger partial charge in [0.1, 0.15) is 0 Å². The van der Waals surface area contributed by atoms with Crippen molar-refractivity contribution in [1.82, 2.24) is 5.01 Å². The second kappa shape index (κ2) is 7.51. The molecule has 8 nitrogen and oxygen atoms in total. The van der Waals surface area contributed by atoms with Gasteiger partial charge in [-0.2, -0.15) is 5.10 Å². The molecule has 0 radical (unpaired) electrons. The van der Waals surface area contributed by atoms with Crippen molar-refractivity contribution in [2.45, 2.75) is 19.4 Å². The van der Waals surface area contributed by atoms with Crippen LogP contribution in [0.4, 0.5) is 5.69 Å². The summed E-state index contributed by atoms with van der Waals surface area (Å²) in [6.07, 6.45) is 1.50. The summed E-state index contributed by atoms with van der Waals surface area (Å²) in [4.78, 5) is 12.1. The number of ether oxygens (including phenoxy) is 1. The second-order valence-electron chi connectivity index (χ2n) is 6.52. The molecule has 1 amide bonds. The van der Waals surface area contributed by atoms with Gasteiger partial charge < -0.3 is 9.84 Å². The Morgan fingerprint density at radius 3 is 2.64 bits per heavy atom. The number of rotatable bonds is 5. The minimum atomic E-state index is -3.40. The molecule has 148 valence electrons. The molecule has 2 aromatic rings. The number of hydrogen-bond donors (Lipinski definition) is 2. The van der Waals surface area contributed by atoms with Gasteiger partial charge in [0.05, 0.1) is 25.1 Å². The zero-order chi connectivity index (χ0) is 20.5. The maximum atomic E-state index is 12.1. The summed E-state index contributed by atoms with van der Waals surface area (Å²) in [6.45, 7) is 1.42. The van der Waals surface area contributed by atoms with Gasteiger partial charge in [-0.3, -0.25) is 9.52 Å². The van der Waals surface area contributed by atoms with Crippen molar-refractivity contribution in [3.63, 3.8) is 0 Å². The van der Waals surface area contributed by atoms with Crippen LogP contribution in [0, 0.1) is 0 Å². The Balaban J connectivity index is 1.93. The number of aromatic hydroxyl groups is 1. The average Bonchev–Trinajstić information content (AvgIpc) is 3.06. The first kappa shape index (κ1) is 19.7. The van der Waals surface area contributed by atoms with Crippen molar-refractivity contribution in [2.24, 2.45) is 5.10 Å². The molecular weight excluding hydrogens is 382 g/mol. The number of anilines is 1. The topological polar surface area (TPSA) is 108 Å². The Kier molecular flexibility index (Phi) is 5.28. The van der Waals surface area contributed by atoms with E-state index in [0.29, 0.717) is 29.1 Å². The minimum absolute atomic E-state index is 0.0173. The van der Waals surface area contributed by atoms with Crippen LogP contribution >= 0.6 is 0 Å². The highest BCUT2D eigenvalue weighted by molar-refractivity contribution is 7.92. The third-order valence-corrected chi connectivity index (χ3v) is 4.93. The van der Waals surface area contributed by atoms with E-state index in [9.17, 15) is 18.3 Å². The Morgan fingerprint density at radius 1 is 1.29 bits per heavy atom. The highest BCUT2D eigenvalue weighted by Gasteiger charge is 2.32. The molecule has 0 aromatic heterocycles. The van der Waals surface area contributed by atoms with Crippen molar-refractivity contribution in [3.8, 4) is 11.5 Å². The number of phenols is 1. The molecule has 28 heavy (non-hydrogen) atoms. The fraction of sp³-hybridized carbons (Fsp3) is 0.263. The quantitative estimate of drug-likeness (QED) is 0.797. The van der Waals surface area contributed by atoms with Gasteiger partial charge in [-0.15, -0.1) is 0 Å². The third-order valence-electron chi connectivity index (χ3n) is 4.32. The highest BCUT2D eigenvalue weighted by Crippen LogP contribution is 2.37. The predicted molar refractivity (Wildman–Crippen MR) is 106 cm³/mol. The molecule has 0 bridgehead atoms. The maximum Gasteiger partial charge on any atom is 0.240 e. The Labute approximate surface area is 163 Å². The van der Waals surface area contributed by atoms with Crippen LogP contribution in [0.2, 0.25) is 0 Å². The molecule has 1 heterocycles. The van der Waals surface area contributed by atoms with E-state index < -0.39 is 10.0 Å². The number of sulfonamides is 1. The Morgan fingerprint density at radius 2 is 2.04 bits per heavy atom. The van der Waals surface area contributed by atoms with Crippen LogP contribution in [-0.2, 0) is 14.8 Å². The van der Waals surface area contributed by atoms with Crippen LogP contribution in [0.25, 0.3) is 0 Å². The number of carbonyl (C=O) groups is 1. The molecule has 0 unspecified atom stereocenters. The predicted octanol–water partition coefficient (Wildman–Crippen LogP) is 2.47. The number of benzene rings is 2. The van der Waals surface area contributed by atoms with Gasteiger partial charge in [0, 0.05) is 19.0 Å². The lowest BCUT2D eigenvalue weighted by Gasteiger charge is -2.21. The van der Waals surface area contributed by atoms with Gasteiger partial charge in [-0.1, -0.05) is 18.2 Å². The largest absolute Gasteiger partial charge is 0.504 e. The van der Waals surface area contributed by atoms with E-state index in [1.54, 1.807) is 42.5 Å². The van der Waals surface area contributed by atoms with Gasteiger partial charge in [0.25, 0.3) is 0 Å². The fourth-order valence-corrected chi connectivity index (χ4v) is 3.68. The Bertz CT molecular complexity index is 1050. The zero-order valence-corrected chi connectivity index (χ0v) is 16.5. The molecule has 0 saturated carbocycles. The maximum absolute atomic E-state index is 12.1. The lowest BCUT2D eigenvalue weighted by molar-refractivity contribution is -0.130. The molecule has 9 heteroatoms. The number of hydrazone groups is 1. The van der Waals surface area contributed by atoms with Gasteiger partial charge in [-0.25, -0.2) is 13.4 Å². The highest BCUT2D eigenvalue weighted by atomic mass is 32.2. The monoisotopic (exact) mass is 403 g/mol. The van der Waals surface area contributed by atoms with E-state index in [4.69, 9.17) is 4.74 Å². The lowest BCUT2D eigenvalue weighted by atomic mass is 9.98. The molecule has 0 spiro atoms. The molecule has 2 N–H and O–H groups in total. The molecule has 0 aliphatic carbocycles. The number of phenolic OH excluding ortho intramolecular Hbond substituents is 1. The van der Waals surface area contributed by atoms with E-state index >= 15 is 0 Å². The van der Waals surface area contributed by atoms with Crippen LogP contribution in [0.15, 0.2) is 47.6 Å². The SMILES string of the molecule is COc1ccc([C@@H]2CC(c3cccc(NS(C)(=O)=O)c3)=NN2C(C)=O)cc1O. The van der Waals surface area contributed by atoms with E-state index in [1.807, 2.05) is 0 Å². The third kappa shape index (κ3) is 4.25. The first-order chi connectivity index (χ1) is 13.2. The van der Waals surface area contributed by atoms with Crippen molar-refractivity contribution in [2.75, 3.05) is 18.1 Å². The summed E-state index contributed by atoms with van der Waals surface area (Å²) in [5.74, 6) is 0.0915. The van der Waals surface area contributed by atoms with Crippen molar-refractivity contribution < 1.29 is 23.1 Å². The summed E-state index contributed by atoms with van der Waals surface area (Å²) in [5.41, 5.74) is 2.49. The van der Waals surface area contributed by atoms with E-state index in [-0.39, 0.29) is 17.7 Å². The van der Waals surface area contributed by atoms with Crippen LogP contribution < -0.4 is 9.46 Å². The number of nitrogens with zero attached hydrogens (tertiary/aromatic N) is 2. The molecule has 3 rings (SSSR count). The first-order valence-corrected chi connectivity index (χ1v) is 10.4. The summed E-state index contributed by atoms with van der Waals surface area (Å²) in [6, 6.07) is 11.4. The standard InChI is InChI=1S/C19H21N3O5S/c1-12(23)22-17(14-7-8-19(27-2)18(24)10-14)11-16(20-22)13-5-4-6-15(9-13)21-28(3,25)26/h4-10,17,21,24H,11H2,1-3H3/t17-/m0/s1. The molecule has 0 fully saturated rings. The summed E-state index contributed by atoms with van der Waals surface area (Å²) in [5, 5.41) is 15.9. The van der Waals surface area contributed by atoms with Crippen molar-refractivity contribution in [3.05, 3.63) is 53.6 Å². The molecule has 1 atom stereocenters. The summed E-state index contributed by atoms with van der Waals surface area (Å²) < 4.78 is 30.4. The van der Waals surface area contributed by atoms with Crippen LogP contribution in [0.5, 0.6) is 11.5 Å². The average molecular weight is 403 g/mol. The lowest BCUT2D eigenvalue weighted by Crippen LogP contribution is -2.24. The van der Waals surface area contributed by atoms with Gasteiger partial charge in [0.2, 0.25) is 15.9 Å². The van der Waals surface area contributed by atoms with Crippen molar-refractivity contribution in [1.29, 1.82) is 0 Å². The molecular formula is C19H21N3O5S. The first-order valence-electron chi connectivity index (χ1n) is 8.50. The van der Waals surface area contributed by atoms with E-state index in [0.717, 1.165) is 11.8 Å². The van der Waals surface area contributed by atoms with Crippen LogP contribution in [0.3, 0.4) is 0 Å². The number of nitrogens with one attached hydrogen (secondary N) is 1. The number of hydrogen-bond acceptors (Lipinski definition) is 6. The summed E-state index contributed by atoms with van der Waals surface area (Å²) >= 11 is 0. The number of carbonyl (C=O) groups excluding carboxylic acids is 1. The van der Waals surface area contributed by atoms with E-state index in [1.165, 1.54) is 19.0 Å². The van der Waals surface area contributed by atoms with E-state index in [2.05, 4.69) is 9.82 Å². The molecule has 0 saturated heterocycles. The second-order valence-corrected chi connectivity index (χ2v) is 8.26. The normalized spacial score (nSPS) is 16.6. The minimum Gasteiger partial charge on any atom is -0.504 e. The summed E-state index contributed by atoms with van der Waals surface area (Å²) in [7, 11) is -1.94. The number of amides is 1. The van der Waals surface area contributed by atoms with Gasteiger partial charge >= 0.3 is 0 Å². The zero-order valence-electron chi connectivity index (χ0n) is 15.7. The Hall–Kier alpha value is -3.07. The van der Waals surface area contributed by atoms with Crippen LogP contribution in [-0.4, -0.2) is 43.5 Å². The van der Waals surface area contributed by atoms with Crippen molar-refractivity contribution >= 4 is 27.3 Å².